The van der Waals surface area contributed by atoms with E-state index < -0.39 is 18.9 Å². The molecule has 0 aromatic carbocycles. The molecule has 8 heteroatoms. The summed E-state index contributed by atoms with van der Waals surface area (Å²) in [6, 6.07) is 0. The summed E-state index contributed by atoms with van der Waals surface area (Å²) >= 11 is 0. The fraction of sp³-hybridized carbons (Fsp3) is 0.700. The molecule has 5 nitrogen and oxygen atoms in total. The van der Waals surface area contributed by atoms with E-state index in [0.717, 1.165) is 0 Å². The fourth-order valence-corrected chi connectivity index (χ4v) is 1.48. The van der Waals surface area contributed by atoms with Crippen LogP contribution >= 0.6 is 0 Å². The number of hydrogen-bond acceptors (Lipinski definition) is 4. The predicted octanol–water partition coefficient (Wildman–Crippen LogP) is 1.43. The summed E-state index contributed by atoms with van der Waals surface area (Å²) in [6.07, 6.45) is -3.88. The molecule has 1 rings (SSSR count). The zero-order chi connectivity index (χ0) is 13.8. The number of aryl methyl sites for hydroxylation is 1. The number of ether oxygens (including phenoxy) is 2. The van der Waals surface area contributed by atoms with E-state index in [2.05, 4.69) is 9.84 Å². The van der Waals surface area contributed by atoms with Gasteiger partial charge in [0, 0.05) is 20.1 Å². The van der Waals surface area contributed by atoms with Crippen molar-refractivity contribution in [2.75, 3.05) is 20.3 Å². The highest BCUT2D eigenvalue weighted by molar-refractivity contribution is 5.26. The van der Waals surface area contributed by atoms with E-state index >= 15 is 0 Å². The lowest BCUT2D eigenvalue weighted by molar-refractivity contribution is -0.175. The Kier molecular flexibility index (Phi) is 4.97. The monoisotopic (exact) mass is 268 g/mol. The molecule has 0 spiro atoms. The van der Waals surface area contributed by atoms with Gasteiger partial charge in [0.1, 0.15) is 18.4 Å². The van der Waals surface area contributed by atoms with Crippen molar-refractivity contribution in [3.8, 4) is 5.75 Å². The minimum Gasteiger partial charge on any atom is -0.493 e. The molecule has 1 N–H and O–H groups in total. The third kappa shape index (κ3) is 4.19. The molecule has 1 unspecified atom stereocenters. The van der Waals surface area contributed by atoms with Crippen LogP contribution in [0.15, 0.2) is 6.20 Å². The number of hydrogen-bond donors (Lipinski definition) is 1. The molecule has 0 amide bonds. The van der Waals surface area contributed by atoms with Crippen molar-refractivity contribution in [1.29, 1.82) is 0 Å². The second-order valence-corrected chi connectivity index (χ2v) is 3.69. The number of aromatic nitrogens is 2. The Morgan fingerprint density at radius 1 is 1.50 bits per heavy atom. The summed E-state index contributed by atoms with van der Waals surface area (Å²) in [4.78, 5) is 0. The molecule has 0 saturated carbocycles. The first-order valence-electron chi connectivity index (χ1n) is 5.23. The maximum atomic E-state index is 11.8. The molecule has 0 aliphatic carbocycles. The van der Waals surface area contributed by atoms with Crippen molar-refractivity contribution < 1.29 is 27.8 Å². The van der Waals surface area contributed by atoms with Gasteiger partial charge in [-0.3, -0.25) is 4.68 Å². The maximum absolute atomic E-state index is 11.8. The van der Waals surface area contributed by atoms with Crippen molar-refractivity contribution in [2.45, 2.75) is 18.7 Å². The Labute approximate surface area is 102 Å². The SMILES string of the molecule is COc1cnn(C)c1C(O)CCOCC(F)(F)F. The third-order valence-corrected chi connectivity index (χ3v) is 2.29. The number of halogens is 3. The molecule has 1 atom stereocenters. The molecular formula is C10H15F3N2O3. The Morgan fingerprint density at radius 3 is 2.72 bits per heavy atom. The average molecular weight is 268 g/mol. The quantitative estimate of drug-likeness (QED) is 0.793. The number of methoxy groups -OCH3 is 1. The number of alkyl halides is 3. The standard InChI is InChI=1S/C10H15F3N2O3/c1-15-9(8(17-2)5-14-15)7(16)3-4-18-6-10(11,12)13/h5,7,16H,3-4,6H2,1-2H3. The number of aliphatic hydroxyl groups is 1. The van der Waals surface area contributed by atoms with Crippen molar-refractivity contribution in [2.24, 2.45) is 7.05 Å². The molecule has 0 aliphatic rings. The van der Waals surface area contributed by atoms with Crippen LogP contribution in [0.5, 0.6) is 5.75 Å². The van der Waals surface area contributed by atoms with Crippen LogP contribution in [0.25, 0.3) is 0 Å². The second kappa shape index (κ2) is 6.05. The van der Waals surface area contributed by atoms with Crippen LogP contribution in [0.4, 0.5) is 13.2 Å². The summed E-state index contributed by atoms with van der Waals surface area (Å²) in [7, 11) is 3.03. The van der Waals surface area contributed by atoms with Crippen molar-refractivity contribution >= 4 is 0 Å². The highest BCUT2D eigenvalue weighted by Gasteiger charge is 2.27. The van der Waals surface area contributed by atoms with Crippen molar-refractivity contribution in [3.63, 3.8) is 0 Å². The van der Waals surface area contributed by atoms with E-state index in [1.165, 1.54) is 18.0 Å². The molecule has 0 saturated heterocycles. The highest BCUT2D eigenvalue weighted by Crippen LogP contribution is 2.26. The van der Waals surface area contributed by atoms with Crippen LogP contribution in [0.2, 0.25) is 0 Å². The van der Waals surface area contributed by atoms with Gasteiger partial charge in [0.2, 0.25) is 0 Å². The highest BCUT2D eigenvalue weighted by atomic mass is 19.4. The summed E-state index contributed by atoms with van der Waals surface area (Å²) in [5.74, 6) is 0.390. The van der Waals surface area contributed by atoms with Gasteiger partial charge in [0.25, 0.3) is 0 Å². The number of aliphatic hydroxyl groups excluding tert-OH is 1. The van der Waals surface area contributed by atoms with Crippen molar-refractivity contribution in [3.05, 3.63) is 11.9 Å². The average Bonchev–Trinajstić information content (AvgIpc) is 2.64. The molecule has 1 aromatic heterocycles. The lowest BCUT2D eigenvalue weighted by Crippen LogP contribution is -2.18. The van der Waals surface area contributed by atoms with Gasteiger partial charge in [-0.2, -0.15) is 18.3 Å². The Hall–Kier alpha value is -1.28. The first-order valence-corrected chi connectivity index (χ1v) is 5.23. The van der Waals surface area contributed by atoms with Gasteiger partial charge in [0.15, 0.2) is 5.75 Å². The van der Waals surface area contributed by atoms with Gasteiger partial charge in [-0.05, 0) is 0 Å². The second-order valence-electron chi connectivity index (χ2n) is 3.69. The summed E-state index contributed by atoms with van der Waals surface area (Å²) in [5, 5.41) is 13.7. The van der Waals surface area contributed by atoms with E-state index in [4.69, 9.17) is 4.74 Å². The van der Waals surface area contributed by atoms with Gasteiger partial charge in [0.05, 0.1) is 13.3 Å². The maximum Gasteiger partial charge on any atom is 0.411 e. The van der Waals surface area contributed by atoms with Crippen LogP contribution in [0.3, 0.4) is 0 Å². The normalized spacial score (nSPS) is 13.7. The summed E-state index contributed by atoms with van der Waals surface area (Å²) in [5.41, 5.74) is 0.410. The lowest BCUT2D eigenvalue weighted by atomic mass is 10.2. The largest absolute Gasteiger partial charge is 0.493 e. The first kappa shape index (κ1) is 14.8. The van der Waals surface area contributed by atoms with E-state index in [0.29, 0.717) is 11.4 Å². The van der Waals surface area contributed by atoms with E-state index in [1.54, 1.807) is 7.05 Å². The Bertz CT molecular complexity index is 379. The number of rotatable bonds is 6. The lowest BCUT2D eigenvalue weighted by Gasteiger charge is -2.13. The van der Waals surface area contributed by atoms with Gasteiger partial charge in [-0.25, -0.2) is 0 Å². The van der Waals surface area contributed by atoms with Crippen LogP contribution < -0.4 is 4.74 Å². The molecule has 1 heterocycles. The zero-order valence-corrected chi connectivity index (χ0v) is 10.1. The van der Waals surface area contributed by atoms with Crippen LogP contribution in [0, 0.1) is 0 Å². The minimum atomic E-state index is -4.35. The van der Waals surface area contributed by atoms with Crippen LogP contribution in [-0.2, 0) is 11.8 Å². The van der Waals surface area contributed by atoms with E-state index in [1.807, 2.05) is 0 Å². The molecule has 0 aliphatic heterocycles. The minimum absolute atomic E-state index is 0.0337. The molecule has 0 radical (unpaired) electrons. The van der Waals surface area contributed by atoms with Gasteiger partial charge >= 0.3 is 6.18 Å². The third-order valence-electron chi connectivity index (χ3n) is 2.29. The van der Waals surface area contributed by atoms with E-state index in [-0.39, 0.29) is 13.0 Å². The van der Waals surface area contributed by atoms with E-state index in [9.17, 15) is 18.3 Å². The zero-order valence-electron chi connectivity index (χ0n) is 10.1. The van der Waals surface area contributed by atoms with Gasteiger partial charge in [-0.15, -0.1) is 0 Å². The molecular weight excluding hydrogens is 253 g/mol. The smallest absolute Gasteiger partial charge is 0.411 e. The first-order chi connectivity index (χ1) is 8.35. The Balaban J connectivity index is 2.45. The van der Waals surface area contributed by atoms with Crippen LogP contribution in [-0.4, -0.2) is 41.4 Å². The molecule has 1 aromatic rings. The molecule has 18 heavy (non-hydrogen) atoms. The number of nitrogens with zero attached hydrogens (tertiary/aromatic N) is 2. The van der Waals surface area contributed by atoms with Gasteiger partial charge in [-0.1, -0.05) is 0 Å². The summed E-state index contributed by atoms with van der Waals surface area (Å²) in [6.45, 7) is -1.52. The van der Waals surface area contributed by atoms with Gasteiger partial charge < -0.3 is 14.6 Å². The topological polar surface area (TPSA) is 56.5 Å². The summed E-state index contributed by atoms with van der Waals surface area (Å²) < 4.78 is 46.3. The van der Waals surface area contributed by atoms with Crippen molar-refractivity contribution in [1.82, 2.24) is 9.78 Å². The molecule has 104 valence electrons. The molecule has 0 fully saturated rings. The molecule has 0 bridgehead atoms. The Morgan fingerprint density at radius 2 is 2.17 bits per heavy atom. The predicted molar refractivity (Wildman–Crippen MR) is 56.2 cm³/mol. The van der Waals surface area contributed by atoms with Crippen LogP contribution in [0.1, 0.15) is 18.2 Å². The fourth-order valence-electron chi connectivity index (χ4n) is 1.48.